The Morgan fingerprint density at radius 2 is 1.69 bits per heavy atom. The van der Waals surface area contributed by atoms with Crippen molar-refractivity contribution in [2.45, 2.75) is 13.3 Å². The van der Waals surface area contributed by atoms with E-state index in [-0.39, 0.29) is 18.0 Å². The molecule has 2 N–H and O–H groups in total. The van der Waals surface area contributed by atoms with E-state index in [1.807, 2.05) is 0 Å². The summed E-state index contributed by atoms with van der Waals surface area (Å²) >= 11 is 0. The van der Waals surface area contributed by atoms with E-state index in [9.17, 15) is 23.2 Å². The number of carbonyl (C=O) groups is 3. The van der Waals surface area contributed by atoms with Crippen LogP contribution in [0.25, 0.3) is 0 Å². The second-order valence-electron chi connectivity index (χ2n) is 5.39. The van der Waals surface area contributed by atoms with E-state index in [1.54, 1.807) is 24.3 Å². The van der Waals surface area contributed by atoms with E-state index in [0.717, 1.165) is 12.1 Å². The van der Waals surface area contributed by atoms with Gasteiger partial charge in [0.25, 0.3) is 5.91 Å². The molecule has 2 aromatic rings. The number of carbonyl (C=O) groups excluding carboxylic acids is 3. The minimum atomic E-state index is -0.927. The molecule has 0 aliphatic carbocycles. The van der Waals surface area contributed by atoms with Crippen LogP contribution in [0.3, 0.4) is 0 Å². The maximum absolute atomic E-state index is 13.4. The highest BCUT2D eigenvalue weighted by Crippen LogP contribution is 2.15. The van der Waals surface area contributed by atoms with Gasteiger partial charge in [-0.1, -0.05) is 12.1 Å². The Bertz CT molecular complexity index is 822. The van der Waals surface area contributed by atoms with Crippen molar-refractivity contribution in [2.24, 2.45) is 0 Å². The van der Waals surface area contributed by atoms with E-state index >= 15 is 0 Å². The SMILES string of the molecule is CC(=O)Nc1ccc(CC(=O)OCC(=O)Nc2ccc(F)cc2F)cc1. The number of benzene rings is 2. The summed E-state index contributed by atoms with van der Waals surface area (Å²) in [6.07, 6.45) is -0.0709. The first kappa shape index (κ1) is 19.0. The third kappa shape index (κ3) is 5.97. The van der Waals surface area contributed by atoms with Crippen LogP contribution >= 0.6 is 0 Å². The van der Waals surface area contributed by atoms with Crippen molar-refractivity contribution < 1.29 is 27.9 Å². The fourth-order valence-corrected chi connectivity index (χ4v) is 2.05. The molecule has 2 aromatic carbocycles. The zero-order valence-electron chi connectivity index (χ0n) is 13.8. The molecule has 136 valence electrons. The molecule has 26 heavy (non-hydrogen) atoms. The van der Waals surface area contributed by atoms with Crippen LogP contribution in [-0.4, -0.2) is 24.4 Å². The zero-order chi connectivity index (χ0) is 19.1. The molecule has 2 rings (SSSR count). The lowest BCUT2D eigenvalue weighted by Crippen LogP contribution is -2.22. The quantitative estimate of drug-likeness (QED) is 0.774. The smallest absolute Gasteiger partial charge is 0.310 e. The van der Waals surface area contributed by atoms with Gasteiger partial charge in [0.05, 0.1) is 12.1 Å². The van der Waals surface area contributed by atoms with Crippen LogP contribution in [0.1, 0.15) is 12.5 Å². The lowest BCUT2D eigenvalue weighted by Gasteiger charge is -2.08. The number of ether oxygens (including phenoxy) is 1. The molecular weight excluding hydrogens is 346 g/mol. The Hall–Kier alpha value is -3.29. The van der Waals surface area contributed by atoms with Crippen molar-refractivity contribution in [1.82, 2.24) is 0 Å². The Labute approximate surface area is 148 Å². The summed E-state index contributed by atoms with van der Waals surface area (Å²) in [7, 11) is 0. The van der Waals surface area contributed by atoms with Gasteiger partial charge in [0.1, 0.15) is 11.6 Å². The lowest BCUT2D eigenvalue weighted by molar-refractivity contribution is -0.146. The summed E-state index contributed by atoms with van der Waals surface area (Å²) < 4.78 is 31.0. The fourth-order valence-electron chi connectivity index (χ4n) is 2.05. The number of esters is 1. The van der Waals surface area contributed by atoms with E-state index < -0.39 is 30.1 Å². The van der Waals surface area contributed by atoms with E-state index in [4.69, 9.17) is 4.74 Å². The number of nitrogens with one attached hydrogen (secondary N) is 2. The van der Waals surface area contributed by atoms with Crippen LogP contribution in [0.15, 0.2) is 42.5 Å². The van der Waals surface area contributed by atoms with Gasteiger partial charge in [0, 0.05) is 18.7 Å². The van der Waals surface area contributed by atoms with Crippen molar-refractivity contribution in [1.29, 1.82) is 0 Å². The highest BCUT2D eigenvalue weighted by molar-refractivity contribution is 5.93. The molecule has 0 radical (unpaired) electrons. The van der Waals surface area contributed by atoms with Gasteiger partial charge < -0.3 is 15.4 Å². The van der Waals surface area contributed by atoms with Gasteiger partial charge in [-0.05, 0) is 29.8 Å². The van der Waals surface area contributed by atoms with Gasteiger partial charge >= 0.3 is 5.97 Å². The van der Waals surface area contributed by atoms with E-state index in [2.05, 4.69) is 10.6 Å². The van der Waals surface area contributed by atoms with Crippen LogP contribution in [0.4, 0.5) is 20.2 Å². The average molecular weight is 362 g/mol. The van der Waals surface area contributed by atoms with Gasteiger partial charge in [-0.25, -0.2) is 8.78 Å². The van der Waals surface area contributed by atoms with E-state index in [1.165, 1.54) is 6.92 Å². The number of hydrogen-bond donors (Lipinski definition) is 2. The van der Waals surface area contributed by atoms with Crippen molar-refractivity contribution in [3.8, 4) is 0 Å². The molecule has 0 aliphatic heterocycles. The standard InChI is InChI=1S/C18H16F2N2O4/c1-11(23)21-14-5-2-12(3-6-14)8-18(25)26-10-17(24)22-16-7-4-13(19)9-15(16)20/h2-7,9H,8,10H2,1H3,(H,21,23)(H,22,24). The van der Waals surface area contributed by atoms with Crippen LogP contribution in [0.5, 0.6) is 0 Å². The first-order chi connectivity index (χ1) is 12.3. The monoisotopic (exact) mass is 362 g/mol. The highest BCUT2D eigenvalue weighted by Gasteiger charge is 2.11. The summed E-state index contributed by atoms with van der Waals surface area (Å²) in [5, 5.41) is 4.78. The number of anilines is 2. The largest absolute Gasteiger partial charge is 0.455 e. The molecular formula is C18H16F2N2O4. The Morgan fingerprint density at radius 1 is 1.00 bits per heavy atom. The number of halogens is 2. The predicted molar refractivity (Wildman–Crippen MR) is 90.4 cm³/mol. The molecule has 0 aliphatic rings. The molecule has 0 spiro atoms. The van der Waals surface area contributed by atoms with Gasteiger partial charge in [0.2, 0.25) is 5.91 Å². The molecule has 0 bridgehead atoms. The molecule has 0 aromatic heterocycles. The normalized spacial score (nSPS) is 10.1. The molecule has 6 nitrogen and oxygen atoms in total. The predicted octanol–water partition coefficient (Wildman–Crippen LogP) is 2.65. The second kappa shape index (κ2) is 8.70. The van der Waals surface area contributed by atoms with Crippen molar-refractivity contribution in [2.75, 3.05) is 17.2 Å². The minimum Gasteiger partial charge on any atom is -0.455 e. The second-order valence-corrected chi connectivity index (χ2v) is 5.39. The molecule has 0 heterocycles. The molecule has 0 unspecified atom stereocenters. The summed E-state index contributed by atoms with van der Waals surface area (Å²) in [6, 6.07) is 9.24. The van der Waals surface area contributed by atoms with Crippen LogP contribution in [-0.2, 0) is 25.5 Å². The van der Waals surface area contributed by atoms with E-state index in [0.29, 0.717) is 17.3 Å². The maximum Gasteiger partial charge on any atom is 0.310 e. The average Bonchev–Trinajstić information content (AvgIpc) is 2.57. The van der Waals surface area contributed by atoms with Gasteiger partial charge in [0.15, 0.2) is 6.61 Å². The Kier molecular flexibility index (Phi) is 6.37. The van der Waals surface area contributed by atoms with Crippen LogP contribution < -0.4 is 10.6 Å². The van der Waals surface area contributed by atoms with Gasteiger partial charge in [-0.3, -0.25) is 14.4 Å². The molecule has 0 atom stereocenters. The third-order valence-corrected chi connectivity index (χ3v) is 3.19. The summed E-state index contributed by atoms with van der Waals surface area (Å²) in [4.78, 5) is 34.3. The molecule has 0 saturated heterocycles. The van der Waals surface area contributed by atoms with Crippen molar-refractivity contribution in [3.63, 3.8) is 0 Å². The topological polar surface area (TPSA) is 84.5 Å². The van der Waals surface area contributed by atoms with Crippen LogP contribution in [0, 0.1) is 11.6 Å². The Morgan fingerprint density at radius 3 is 2.31 bits per heavy atom. The van der Waals surface area contributed by atoms with Crippen molar-refractivity contribution >= 4 is 29.2 Å². The fraction of sp³-hybridized carbons (Fsp3) is 0.167. The number of amides is 2. The maximum atomic E-state index is 13.4. The zero-order valence-corrected chi connectivity index (χ0v) is 13.8. The summed E-state index contributed by atoms with van der Waals surface area (Å²) in [5.74, 6) is -3.29. The Balaban J connectivity index is 1.80. The molecule has 0 saturated carbocycles. The first-order valence-corrected chi connectivity index (χ1v) is 7.60. The summed E-state index contributed by atoms with van der Waals surface area (Å²) in [6.45, 7) is 0.785. The molecule has 2 amide bonds. The molecule has 8 heteroatoms. The van der Waals surface area contributed by atoms with Crippen molar-refractivity contribution in [3.05, 3.63) is 59.7 Å². The third-order valence-electron chi connectivity index (χ3n) is 3.19. The lowest BCUT2D eigenvalue weighted by atomic mass is 10.1. The summed E-state index contributed by atoms with van der Waals surface area (Å²) in [5.41, 5.74) is 1.02. The number of hydrogen-bond acceptors (Lipinski definition) is 4. The number of rotatable bonds is 6. The molecule has 0 fully saturated rings. The minimum absolute atomic E-state index is 0.0709. The highest BCUT2D eigenvalue weighted by atomic mass is 19.1. The van der Waals surface area contributed by atoms with Gasteiger partial charge in [-0.2, -0.15) is 0 Å². The first-order valence-electron chi connectivity index (χ1n) is 7.60. The van der Waals surface area contributed by atoms with Gasteiger partial charge in [-0.15, -0.1) is 0 Å². The van der Waals surface area contributed by atoms with Crippen LogP contribution in [0.2, 0.25) is 0 Å².